The molecule has 0 aromatic heterocycles. The van der Waals surface area contributed by atoms with E-state index in [1.54, 1.807) is 18.9 Å². The van der Waals surface area contributed by atoms with Gasteiger partial charge in [0.1, 0.15) is 5.69 Å². The van der Waals surface area contributed by atoms with Crippen molar-refractivity contribution in [1.82, 2.24) is 5.01 Å². The van der Waals surface area contributed by atoms with Crippen molar-refractivity contribution in [3.05, 3.63) is 61.0 Å². The molecule has 0 fully saturated rings. The largest absolute Gasteiger partial charge is 0.463 e. The third-order valence-corrected chi connectivity index (χ3v) is 6.22. The minimum Gasteiger partial charge on any atom is -0.463 e. The summed E-state index contributed by atoms with van der Waals surface area (Å²) in [5.74, 6) is -0.0252. The van der Waals surface area contributed by atoms with Gasteiger partial charge in [-0.15, -0.1) is 0 Å². The van der Waals surface area contributed by atoms with Crippen LogP contribution in [0.1, 0.15) is 53.9 Å². The number of hydrogen-bond acceptors (Lipinski definition) is 8. The van der Waals surface area contributed by atoms with Crippen LogP contribution in [-0.2, 0) is 9.53 Å². The van der Waals surface area contributed by atoms with Crippen molar-refractivity contribution in [2.45, 2.75) is 53.9 Å². The molecule has 1 heterocycles. The van der Waals surface area contributed by atoms with Gasteiger partial charge < -0.3 is 4.74 Å². The topological polar surface area (TPSA) is 128 Å². The summed E-state index contributed by atoms with van der Waals surface area (Å²) in [5, 5.41) is 24.5. The molecular formula is C22H28N4O6. The molecule has 1 aromatic rings. The lowest BCUT2D eigenvalue weighted by molar-refractivity contribution is -0.393. The van der Waals surface area contributed by atoms with Crippen LogP contribution in [0.3, 0.4) is 0 Å². The third kappa shape index (κ3) is 4.04. The van der Waals surface area contributed by atoms with Gasteiger partial charge in [-0.05, 0) is 50.7 Å². The molecule has 0 spiro atoms. The van der Waals surface area contributed by atoms with Gasteiger partial charge in [0.2, 0.25) is 0 Å². The first-order valence-electron chi connectivity index (χ1n) is 10.6. The average molecular weight is 444 g/mol. The maximum Gasteiger partial charge on any atom is 0.336 e. The van der Waals surface area contributed by atoms with Gasteiger partial charge in [-0.3, -0.25) is 30.7 Å². The van der Waals surface area contributed by atoms with Crippen molar-refractivity contribution in [1.29, 1.82) is 0 Å². The van der Waals surface area contributed by atoms with E-state index in [0.717, 1.165) is 36.6 Å². The molecule has 0 radical (unpaired) electrons. The summed E-state index contributed by atoms with van der Waals surface area (Å²) in [7, 11) is 0. The van der Waals surface area contributed by atoms with Gasteiger partial charge >= 0.3 is 11.7 Å². The number of nitrogens with one attached hydrogen (secondary N) is 1. The lowest BCUT2D eigenvalue weighted by atomic mass is 9.68. The first-order valence-corrected chi connectivity index (χ1v) is 10.6. The van der Waals surface area contributed by atoms with E-state index in [4.69, 9.17) is 4.74 Å². The molecular weight excluding hydrogens is 416 g/mol. The molecule has 0 saturated carbocycles. The number of hydrogen-bond donors (Lipinski definition) is 1. The summed E-state index contributed by atoms with van der Waals surface area (Å²) < 4.78 is 5.33. The first-order chi connectivity index (χ1) is 15.0. The smallest absolute Gasteiger partial charge is 0.336 e. The monoisotopic (exact) mass is 444 g/mol. The lowest BCUT2D eigenvalue weighted by Gasteiger charge is -2.46. The lowest BCUT2D eigenvalue weighted by Crippen LogP contribution is -2.42. The van der Waals surface area contributed by atoms with Gasteiger partial charge in [0.25, 0.3) is 5.69 Å². The Morgan fingerprint density at radius 3 is 2.56 bits per heavy atom. The number of anilines is 1. The van der Waals surface area contributed by atoms with Crippen molar-refractivity contribution < 1.29 is 19.4 Å². The van der Waals surface area contributed by atoms with Crippen LogP contribution >= 0.6 is 0 Å². The molecule has 0 saturated heterocycles. The number of hydrazine groups is 1. The minimum absolute atomic E-state index is 0.105. The number of nitro groups is 2. The quantitative estimate of drug-likeness (QED) is 0.365. The Morgan fingerprint density at radius 1 is 1.28 bits per heavy atom. The predicted octanol–water partition coefficient (Wildman–Crippen LogP) is 5.08. The third-order valence-electron chi connectivity index (χ3n) is 6.22. The fraction of sp³-hybridized carbons (Fsp3) is 0.500. The number of nitro benzene ring substituents is 2. The molecule has 0 bridgehead atoms. The second kappa shape index (κ2) is 8.60. The zero-order valence-electron chi connectivity index (χ0n) is 18.9. The molecule has 32 heavy (non-hydrogen) atoms. The zero-order valence-corrected chi connectivity index (χ0v) is 18.9. The summed E-state index contributed by atoms with van der Waals surface area (Å²) in [6.07, 6.45) is 2.50. The maximum atomic E-state index is 12.9. The Hall–Kier alpha value is -3.43. The highest BCUT2D eigenvalue weighted by Gasteiger charge is 2.44. The molecule has 1 aromatic carbocycles. The fourth-order valence-electron chi connectivity index (χ4n) is 4.66. The van der Waals surface area contributed by atoms with Crippen molar-refractivity contribution >= 4 is 23.0 Å². The summed E-state index contributed by atoms with van der Waals surface area (Å²) in [6, 6.07) is 3.47. The summed E-state index contributed by atoms with van der Waals surface area (Å²) in [6.45, 7) is 9.90. The van der Waals surface area contributed by atoms with Crippen LogP contribution in [0.5, 0.6) is 0 Å². The van der Waals surface area contributed by atoms with E-state index < -0.39 is 26.9 Å². The number of non-ortho nitro benzene ring substituents is 1. The van der Waals surface area contributed by atoms with Gasteiger partial charge in [0, 0.05) is 22.9 Å². The van der Waals surface area contributed by atoms with E-state index in [0.29, 0.717) is 17.2 Å². The Labute approximate surface area is 186 Å². The molecule has 1 aliphatic heterocycles. The van der Waals surface area contributed by atoms with Crippen molar-refractivity contribution in [3.8, 4) is 0 Å². The molecule has 0 amide bonds. The van der Waals surface area contributed by atoms with Crippen LogP contribution in [0.15, 0.2) is 40.7 Å². The van der Waals surface area contributed by atoms with Crippen molar-refractivity contribution in [2.24, 2.45) is 11.3 Å². The summed E-state index contributed by atoms with van der Waals surface area (Å²) in [5.41, 5.74) is 4.98. The van der Waals surface area contributed by atoms with E-state index in [9.17, 15) is 25.0 Å². The summed E-state index contributed by atoms with van der Waals surface area (Å²) >= 11 is 0. The average Bonchev–Trinajstić information content (AvgIpc) is 2.70. The first kappa shape index (κ1) is 23.2. The second-order valence-electron chi connectivity index (χ2n) is 8.74. The highest BCUT2D eigenvalue weighted by molar-refractivity contribution is 5.92. The molecule has 10 heteroatoms. The number of esters is 1. The molecule has 3 rings (SSSR count). The zero-order chi connectivity index (χ0) is 23.8. The van der Waals surface area contributed by atoms with Crippen LogP contribution in [0.4, 0.5) is 17.1 Å². The number of carbonyl (C=O) groups is 1. The normalized spacial score (nSPS) is 20.0. The molecule has 172 valence electrons. The SMILES string of the molecule is CCOC(=O)C1=C(C)N(Nc2ccc([N+](=O)[O-])cc2[N+](=O)[O-])C2=C(CCC(C)C2)C1(C)C. The number of allylic oxidation sites excluding steroid dienone is 3. The molecule has 2 aliphatic rings. The number of carbonyl (C=O) groups excluding carboxylic acids is 1. The van der Waals surface area contributed by atoms with Gasteiger partial charge in [0.15, 0.2) is 0 Å². The van der Waals surface area contributed by atoms with E-state index in [-0.39, 0.29) is 18.0 Å². The molecule has 1 N–H and O–H groups in total. The van der Waals surface area contributed by atoms with Crippen molar-refractivity contribution in [3.63, 3.8) is 0 Å². The Kier molecular flexibility index (Phi) is 6.25. The number of benzene rings is 1. The van der Waals surface area contributed by atoms with Crippen LogP contribution in [0.2, 0.25) is 0 Å². The maximum absolute atomic E-state index is 12.9. The van der Waals surface area contributed by atoms with Gasteiger partial charge in [-0.1, -0.05) is 20.8 Å². The number of ether oxygens (including phenoxy) is 1. The van der Waals surface area contributed by atoms with Gasteiger partial charge in [-0.25, -0.2) is 4.79 Å². The number of rotatable bonds is 6. The van der Waals surface area contributed by atoms with Crippen LogP contribution in [-0.4, -0.2) is 27.4 Å². The fourth-order valence-corrected chi connectivity index (χ4v) is 4.66. The minimum atomic E-state index is -0.673. The van der Waals surface area contributed by atoms with Gasteiger partial charge in [-0.2, -0.15) is 0 Å². The molecule has 10 nitrogen and oxygen atoms in total. The van der Waals surface area contributed by atoms with Crippen molar-refractivity contribution in [2.75, 3.05) is 12.0 Å². The number of nitrogens with zero attached hydrogens (tertiary/aromatic N) is 3. The Balaban J connectivity index is 2.15. The molecule has 1 unspecified atom stereocenters. The van der Waals surface area contributed by atoms with E-state index in [1.165, 1.54) is 12.1 Å². The van der Waals surface area contributed by atoms with Gasteiger partial charge in [0.05, 0.1) is 28.1 Å². The Bertz CT molecular complexity index is 1040. The van der Waals surface area contributed by atoms with Crippen LogP contribution in [0, 0.1) is 31.6 Å². The van der Waals surface area contributed by atoms with E-state index in [1.807, 2.05) is 13.8 Å². The Morgan fingerprint density at radius 2 is 1.97 bits per heavy atom. The highest BCUT2D eigenvalue weighted by Crippen LogP contribution is 2.51. The van der Waals surface area contributed by atoms with E-state index in [2.05, 4.69) is 12.3 Å². The predicted molar refractivity (Wildman–Crippen MR) is 118 cm³/mol. The van der Waals surface area contributed by atoms with E-state index >= 15 is 0 Å². The second-order valence-corrected chi connectivity index (χ2v) is 8.74. The highest BCUT2D eigenvalue weighted by atomic mass is 16.6. The molecule has 1 aliphatic carbocycles. The summed E-state index contributed by atoms with van der Waals surface area (Å²) in [4.78, 5) is 34.3. The molecule has 1 atom stereocenters. The standard InChI is InChI=1S/C22H28N4O6/c1-6-32-21(27)20-14(3)24(18-11-13(2)7-9-16(18)22(20,4)5)23-17-10-8-15(25(28)29)12-19(17)26(30)31/h8,10,12-13,23H,6-7,9,11H2,1-5H3. The van der Waals surface area contributed by atoms with Crippen LogP contribution in [0.25, 0.3) is 0 Å². The van der Waals surface area contributed by atoms with Crippen LogP contribution < -0.4 is 5.43 Å².